The van der Waals surface area contributed by atoms with Crippen LogP contribution in [0.2, 0.25) is 0 Å². The molecule has 5 heteroatoms. The van der Waals surface area contributed by atoms with Crippen LogP contribution in [0.25, 0.3) is 0 Å². The number of thioether (sulfide) groups is 1. The maximum Gasteiger partial charge on any atom is 0.327 e. The molecule has 0 radical (unpaired) electrons. The van der Waals surface area contributed by atoms with Crippen molar-refractivity contribution in [3.63, 3.8) is 0 Å². The third-order valence-electron chi connectivity index (χ3n) is 2.64. The van der Waals surface area contributed by atoms with Crippen LogP contribution >= 0.6 is 11.8 Å². The van der Waals surface area contributed by atoms with Gasteiger partial charge in [0.1, 0.15) is 6.04 Å². The lowest BCUT2D eigenvalue weighted by Gasteiger charge is -2.26. The Balaban J connectivity index is 1.96. The van der Waals surface area contributed by atoms with Gasteiger partial charge in [0, 0.05) is 5.75 Å². The first kappa shape index (κ1) is 12.0. The second kappa shape index (κ2) is 5.23. The van der Waals surface area contributed by atoms with Crippen LogP contribution in [0.4, 0.5) is 0 Å². The molecule has 0 aliphatic carbocycles. The fourth-order valence-electron chi connectivity index (χ4n) is 1.71. The van der Waals surface area contributed by atoms with Gasteiger partial charge in [-0.3, -0.25) is 4.79 Å². The van der Waals surface area contributed by atoms with E-state index in [2.05, 4.69) is 5.32 Å². The van der Waals surface area contributed by atoms with Crippen molar-refractivity contribution < 1.29 is 14.7 Å². The summed E-state index contributed by atoms with van der Waals surface area (Å²) < 4.78 is 0. The number of carbonyl (C=O) groups is 2. The average molecular weight is 251 g/mol. The minimum absolute atomic E-state index is 0.183. The second-order valence-electron chi connectivity index (χ2n) is 3.91. The largest absolute Gasteiger partial charge is 0.480 e. The van der Waals surface area contributed by atoms with E-state index in [0.29, 0.717) is 12.2 Å². The molecule has 1 aromatic rings. The minimum atomic E-state index is -0.969. The summed E-state index contributed by atoms with van der Waals surface area (Å²) in [5, 5.41) is 11.1. The van der Waals surface area contributed by atoms with Crippen LogP contribution in [-0.4, -0.2) is 34.0 Å². The maximum absolute atomic E-state index is 11.7. The van der Waals surface area contributed by atoms with Crippen LogP contribution in [0.1, 0.15) is 5.56 Å². The fraction of sp³-hybridized carbons (Fsp3) is 0.333. The van der Waals surface area contributed by atoms with E-state index in [9.17, 15) is 9.59 Å². The summed E-state index contributed by atoms with van der Waals surface area (Å²) in [6.07, 6.45) is 0.643. The number of amides is 1. The normalized spacial score (nSPS) is 24.1. The van der Waals surface area contributed by atoms with Crippen LogP contribution in [0, 0.1) is 0 Å². The summed E-state index contributed by atoms with van der Waals surface area (Å²) >= 11 is 1.41. The molecule has 1 fully saturated rings. The van der Waals surface area contributed by atoms with Crippen molar-refractivity contribution in [1.82, 2.24) is 5.32 Å². The van der Waals surface area contributed by atoms with Gasteiger partial charge < -0.3 is 10.4 Å². The Hall–Kier alpha value is -1.49. The Morgan fingerprint density at radius 1 is 1.41 bits per heavy atom. The number of hydrogen-bond acceptors (Lipinski definition) is 3. The Morgan fingerprint density at radius 2 is 2.12 bits per heavy atom. The Bertz CT molecular complexity index is 421. The zero-order chi connectivity index (χ0) is 12.3. The number of rotatable bonds is 3. The molecule has 0 saturated carbocycles. The van der Waals surface area contributed by atoms with Gasteiger partial charge >= 0.3 is 5.97 Å². The molecule has 0 aromatic heterocycles. The Labute approximate surface area is 103 Å². The third kappa shape index (κ3) is 3.00. The number of nitrogens with one attached hydrogen (secondary N) is 1. The van der Waals surface area contributed by atoms with Gasteiger partial charge in [-0.05, 0) is 12.0 Å². The SMILES string of the molecule is O=C(O)[C@@H]1CS[C@@H](Cc2ccccc2)C(=O)N1. The molecule has 0 spiro atoms. The van der Waals surface area contributed by atoms with Gasteiger partial charge in [0.2, 0.25) is 5.91 Å². The van der Waals surface area contributed by atoms with Gasteiger partial charge in [0.25, 0.3) is 0 Å². The lowest BCUT2D eigenvalue weighted by atomic mass is 10.1. The molecule has 1 aromatic carbocycles. The summed E-state index contributed by atoms with van der Waals surface area (Å²) in [7, 11) is 0. The fourth-order valence-corrected chi connectivity index (χ4v) is 2.89. The van der Waals surface area contributed by atoms with Crippen molar-refractivity contribution in [2.24, 2.45) is 0 Å². The van der Waals surface area contributed by atoms with Gasteiger partial charge in [-0.2, -0.15) is 0 Å². The van der Waals surface area contributed by atoms with E-state index in [0.717, 1.165) is 5.56 Å². The lowest BCUT2D eigenvalue weighted by Crippen LogP contribution is -2.51. The van der Waals surface area contributed by atoms with Crippen LogP contribution in [0.3, 0.4) is 0 Å². The molecule has 0 bridgehead atoms. The van der Waals surface area contributed by atoms with Gasteiger partial charge in [-0.15, -0.1) is 11.8 Å². The van der Waals surface area contributed by atoms with E-state index in [1.54, 1.807) is 0 Å². The number of benzene rings is 1. The van der Waals surface area contributed by atoms with Crippen molar-refractivity contribution in [2.45, 2.75) is 17.7 Å². The van der Waals surface area contributed by atoms with Crippen LogP contribution in [0.15, 0.2) is 30.3 Å². The number of carboxylic acid groups (broad SMARTS) is 1. The number of hydrogen-bond donors (Lipinski definition) is 2. The first-order chi connectivity index (χ1) is 8.16. The Kier molecular flexibility index (Phi) is 3.68. The lowest BCUT2D eigenvalue weighted by molar-refractivity contribution is -0.141. The zero-order valence-electron chi connectivity index (χ0n) is 9.13. The minimum Gasteiger partial charge on any atom is -0.480 e. The summed E-state index contributed by atoms with van der Waals surface area (Å²) in [6, 6.07) is 8.98. The number of carbonyl (C=O) groups excluding carboxylic acids is 1. The van der Waals surface area contributed by atoms with E-state index >= 15 is 0 Å². The van der Waals surface area contributed by atoms with Gasteiger partial charge in [-0.25, -0.2) is 4.79 Å². The quantitative estimate of drug-likeness (QED) is 0.838. The smallest absolute Gasteiger partial charge is 0.327 e. The summed E-state index contributed by atoms with van der Waals surface area (Å²) in [5.74, 6) is -0.722. The molecule has 1 saturated heterocycles. The van der Waals surface area contributed by atoms with Crippen molar-refractivity contribution in [2.75, 3.05) is 5.75 Å². The molecular weight excluding hydrogens is 238 g/mol. The predicted octanol–water partition coefficient (Wildman–Crippen LogP) is 0.914. The molecular formula is C12H13NO3S. The molecule has 2 N–H and O–H groups in total. The first-order valence-corrected chi connectivity index (χ1v) is 6.40. The highest BCUT2D eigenvalue weighted by molar-refractivity contribution is 8.00. The maximum atomic E-state index is 11.7. The van der Waals surface area contributed by atoms with Crippen molar-refractivity contribution in [3.05, 3.63) is 35.9 Å². The zero-order valence-corrected chi connectivity index (χ0v) is 9.94. The molecule has 90 valence electrons. The molecule has 17 heavy (non-hydrogen) atoms. The standard InChI is InChI=1S/C12H13NO3S/c14-11-10(6-8-4-2-1-3-5-8)17-7-9(13-11)12(15)16/h1-5,9-10H,6-7H2,(H,13,14)(H,15,16)/t9-,10-/m0/s1. The molecule has 1 heterocycles. The van der Waals surface area contributed by atoms with E-state index in [1.807, 2.05) is 30.3 Å². The van der Waals surface area contributed by atoms with Crippen molar-refractivity contribution in [1.29, 1.82) is 0 Å². The highest BCUT2D eigenvalue weighted by atomic mass is 32.2. The molecule has 1 amide bonds. The topological polar surface area (TPSA) is 66.4 Å². The van der Waals surface area contributed by atoms with E-state index < -0.39 is 12.0 Å². The van der Waals surface area contributed by atoms with Gasteiger partial charge in [0.05, 0.1) is 5.25 Å². The molecule has 0 unspecified atom stereocenters. The number of aliphatic carboxylic acids is 1. The van der Waals surface area contributed by atoms with E-state index in [-0.39, 0.29) is 11.2 Å². The highest BCUT2D eigenvalue weighted by Gasteiger charge is 2.31. The second-order valence-corrected chi connectivity index (χ2v) is 5.15. The molecule has 2 atom stereocenters. The Morgan fingerprint density at radius 3 is 2.71 bits per heavy atom. The van der Waals surface area contributed by atoms with E-state index in [1.165, 1.54) is 11.8 Å². The average Bonchev–Trinajstić information content (AvgIpc) is 2.33. The van der Waals surface area contributed by atoms with Crippen molar-refractivity contribution >= 4 is 23.6 Å². The van der Waals surface area contributed by atoms with Crippen LogP contribution < -0.4 is 5.32 Å². The predicted molar refractivity (Wildman–Crippen MR) is 66.0 cm³/mol. The highest BCUT2D eigenvalue weighted by Crippen LogP contribution is 2.21. The van der Waals surface area contributed by atoms with E-state index in [4.69, 9.17) is 5.11 Å². The summed E-state index contributed by atoms with van der Waals surface area (Å²) in [5.41, 5.74) is 1.09. The van der Waals surface area contributed by atoms with Gasteiger partial charge in [-0.1, -0.05) is 30.3 Å². The summed E-state index contributed by atoms with van der Waals surface area (Å²) in [4.78, 5) is 22.5. The van der Waals surface area contributed by atoms with Gasteiger partial charge in [0.15, 0.2) is 0 Å². The number of carboxylic acids is 1. The molecule has 1 aliphatic heterocycles. The summed E-state index contributed by atoms with van der Waals surface area (Å²) in [6.45, 7) is 0. The third-order valence-corrected chi connectivity index (χ3v) is 3.94. The molecule has 4 nitrogen and oxygen atoms in total. The molecule has 2 rings (SSSR count). The monoisotopic (exact) mass is 251 g/mol. The van der Waals surface area contributed by atoms with Crippen LogP contribution in [0.5, 0.6) is 0 Å². The molecule has 1 aliphatic rings. The van der Waals surface area contributed by atoms with Crippen molar-refractivity contribution in [3.8, 4) is 0 Å². The first-order valence-electron chi connectivity index (χ1n) is 5.35. The van der Waals surface area contributed by atoms with Crippen LogP contribution in [-0.2, 0) is 16.0 Å².